The van der Waals surface area contributed by atoms with E-state index >= 15 is 0 Å². The number of anilines is 1. The van der Waals surface area contributed by atoms with E-state index in [1.54, 1.807) is 43.2 Å². The van der Waals surface area contributed by atoms with Crippen molar-refractivity contribution in [1.82, 2.24) is 24.6 Å². The molecule has 0 saturated carbocycles. The third-order valence-corrected chi connectivity index (χ3v) is 7.34. The number of aromatic nitrogens is 3. The summed E-state index contributed by atoms with van der Waals surface area (Å²) in [5.74, 6) is 0.226. The van der Waals surface area contributed by atoms with Crippen LogP contribution in [0.4, 0.5) is 15.0 Å². The third kappa shape index (κ3) is 5.83. The number of pyridine rings is 1. The Kier molecular flexibility index (Phi) is 8.09. The zero-order valence-corrected chi connectivity index (χ0v) is 22.8. The molecule has 1 saturated heterocycles. The molecule has 4 aromatic rings. The van der Waals surface area contributed by atoms with Gasteiger partial charge in [-0.05, 0) is 42.8 Å². The normalized spacial score (nSPS) is 17.2. The second-order valence-corrected chi connectivity index (χ2v) is 10.1. The number of hydrogen-bond acceptors (Lipinski definition) is 5. The summed E-state index contributed by atoms with van der Waals surface area (Å²) in [5.41, 5.74) is 3.82. The van der Waals surface area contributed by atoms with Crippen LogP contribution in [0.15, 0.2) is 77.7 Å². The average Bonchev–Trinajstić information content (AvgIpc) is 3.50. The summed E-state index contributed by atoms with van der Waals surface area (Å²) >= 11 is 0. The summed E-state index contributed by atoms with van der Waals surface area (Å²) in [6.45, 7) is 4.57. The first-order valence-corrected chi connectivity index (χ1v) is 13.2. The third-order valence-electron chi connectivity index (χ3n) is 7.34. The molecule has 2 unspecified atom stereocenters. The van der Waals surface area contributed by atoms with Gasteiger partial charge in [0.15, 0.2) is 0 Å². The van der Waals surface area contributed by atoms with E-state index in [1.807, 2.05) is 37.3 Å². The maximum Gasteiger partial charge on any atom is 0.320 e. The second-order valence-electron chi connectivity index (χ2n) is 10.1. The maximum atomic E-state index is 13.6. The van der Waals surface area contributed by atoms with Crippen molar-refractivity contribution in [2.24, 2.45) is 7.05 Å². The van der Waals surface area contributed by atoms with Gasteiger partial charge in [-0.3, -0.25) is 15.0 Å². The fraction of sp³-hybridized carbons (Fsp3) is 0.300. The van der Waals surface area contributed by atoms with Gasteiger partial charge in [0.1, 0.15) is 11.6 Å². The Morgan fingerprint density at radius 1 is 1.07 bits per heavy atom. The van der Waals surface area contributed by atoms with Crippen molar-refractivity contribution in [2.75, 3.05) is 38.7 Å². The lowest BCUT2D eigenvalue weighted by atomic mass is 9.94. The predicted octanol–water partition coefficient (Wildman–Crippen LogP) is 3.92. The van der Waals surface area contributed by atoms with Crippen LogP contribution in [0.25, 0.3) is 16.9 Å². The molecule has 0 bridgehead atoms. The first kappa shape index (κ1) is 27.3. The van der Waals surface area contributed by atoms with E-state index in [2.05, 4.69) is 15.5 Å². The predicted molar refractivity (Wildman–Crippen MR) is 152 cm³/mol. The SMILES string of the molecule is COCCN1CC(NC(=O)Nc2c(C)c(-c3ccc(=O)n(C)c3)nn2-c2ccccc2)C(c2ccc(F)cc2)C1. The Balaban J connectivity index is 1.43. The number of nitrogens with one attached hydrogen (secondary N) is 2. The fourth-order valence-electron chi connectivity index (χ4n) is 5.20. The number of rotatable bonds is 8. The van der Waals surface area contributed by atoms with Crippen LogP contribution < -0.4 is 16.2 Å². The van der Waals surface area contributed by atoms with Gasteiger partial charge >= 0.3 is 6.03 Å². The van der Waals surface area contributed by atoms with E-state index in [9.17, 15) is 14.0 Å². The number of likely N-dealkylation sites (tertiary alicyclic amines) is 1. The number of benzene rings is 2. The van der Waals surface area contributed by atoms with Gasteiger partial charge in [0.05, 0.1) is 24.0 Å². The molecule has 3 heterocycles. The number of ether oxygens (including phenoxy) is 1. The average molecular weight is 545 g/mol. The minimum Gasteiger partial charge on any atom is -0.383 e. The summed E-state index contributed by atoms with van der Waals surface area (Å²) in [5, 5.41) is 11.0. The van der Waals surface area contributed by atoms with Crippen LogP contribution in [-0.2, 0) is 11.8 Å². The quantitative estimate of drug-likeness (QED) is 0.351. The fourth-order valence-corrected chi connectivity index (χ4v) is 5.20. The van der Waals surface area contributed by atoms with Crippen LogP contribution in [0.1, 0.15) is 17.0 Å². The van der Waals surface area contributed by atoms with Gasteiger partial charge in [-0.25, -0.2) is 13.9 Å². The van der Waals surface area contributed by atoms with E-state index in [0.29, 0.717) is 24.7 Å². The lowest BCUT2D eigenvalue weighted by Gasteiger charge is -2.21. The zero-order chi connectivity index (χ0) is 28.2. The number of urea groups is 1. The van der Waals surface area contributed by atoms with Crippen LogP contribution in [0.5, 0.6) is 0 Å². The van der Waals surface area contributed by atoms with Gasteiger partial charge in [-0.1, -0.05) is 30.3 Å². The summed E-state index contributed by atoms with van der Waals surface area (Å²) in [6, 6.07) is 18.7. The molecule has 1 aliphatic rings. The van der Waals surface area contributed by atoms with Crippen molar-refractivity contribution in [1.29, 1.82) is 0 Å². The molecule has 5 rings (SSSR count). The molecule has 2 N–H and O–H groups in total. The maximum absolute atomic E-state index is 13.6. The summed E-state index contributed by atoms with van der Waals surface area (Å²) in [6.07, 6.45) is 1.73. The van der Waals surface area contributed by atoms with Crippen LogP contribution in [0.3, 0.4) is 0 Å². The molecule has 2 aromatic carbocycles. The highest BCUT2D eigenvalue weighted by Gasteiger charge is 2.35. The zero-order valence-electron chi connectivity index (χ0n) is 22.8. The van der Waals surface area contributed by atoms with Crippen LogP contribution in [-0.4, -0.2) is 64.7 Å². The molecule has 9 nitrogen and oxygen atoms in total. The Hall–Kier alpha value is -4.28. The van der Waals surface area contributed by atoms with Crippen molar-refractivity contribution in [3.8, 4) is 16.9 Å². The molecule has 2 aromatic heterocycles. The molecule has 2 atom stereocenters. The molecule has 208 valence electrons. The molecular formula is C30H33FN6O3. The molecule has 1 fully saturated rings. The van der Waals surface area contributed by atoms with Crippen molar-refractivity contribution in [2.45, 2.75) is 18.9 Å². The number of carbonyl (C=O) groups is 1. The number of carbonyl (C=O) groups excluding carboxylic acids is 1. The van der Waals surface area contributed by atoms with Crippen molar-refractivity contribution < 1.29 is 13.9 Å². The van der Waals surface area contributed by atoms with E-state index in [4.69, 9.17) is 9.84 Å². The standard InChI is InChI=1S/C30H33FN6O3/c1-20-28(22-11-14-27(38)35(2)17-22)34-37(24-7-5-4-6-8-24)29(20)33-30(39)32-26-19-36(15-16-40-3)18-25(26)21-9-12-23(31)13-10-21/h4-14,17,25-26H,15-16,18-19H2,1-3H3,(H2,32,33,39). The number of para-hydroxylation sites is 1. The summed E-state index contributed by atoms with van der Waals surface area (Å²) < 4.78 is 22.1. The second kappa shape index (κ2) is 11.8. The molecule has 0 aliphatic carbocycles. The number of nitrogens with zero attached hydrogens (tertiary/aromatic N) is 4. The molecule has 0 radical (unpaired) electrons. The van der Waals surface area contributed by atoms with E-state index in [0.717, 1.165) is 35.5 Å². The molecule has 1 aliphatic heterocycles. The molecule has 40 heavy (non-hydrogen) atoms. The minimum absolute atomic E-state index is 0.00972. The van der Waals surface area contributed by atoms with Crippen LogP contribution >= 0.6 is 0 Å². The topological polar surface area (TPSA) is 93.4 Å². The van der Waals surface area contributed by atoms with Gasteiger partial charge in [0.2, 0.25) is 5.56 Å². The Bertz CT molecular complexity index is 1530. The van der Waals surface area contributed by atoms with Gasteiger partial charge in [0, 0.05) is 63.1 Å². The van der Waals surface area contributed by atoms with Crippen molar-refractivity contribution in [3.05, 3.63) is 100 Å². The lowest BCUT2D eigenvalue weighted by Crippen LogP contribution is -2.42. The van der Waals surface area contributed by atoms with Crippen molar-refractivity contribution in [3.63, 3.8) is 0 Å². The van der Waals surface area contributed by atoms with Crippen LogP contribution in [0.2, 0.25) is 0 Å². The van der Waals surface area contributed by atoms with Gasteiger partial charge in [0.25, 0.3) is 0 Å². The smallest absolute Gasteiger partial charge is 0.320 e. The van der Waals surface area contributed by atoms with Crippen molar-refractivity contribution >= 4 is 11.8 Å². The molecular weight excluding hydrogens is 511 g/mol. The number of hydrogen-bond donors (Lipinski definition) is 2. The number of aryl methyl sites for hydroxylation is 1. The van der Waals surface area contributed by atoms with Gasteiger partial charge in [-0.15, -0.1) is 0 Å². The minimum atomic E-state index is -0.363. The number of halogens is 1. The number of methoxy groups -OCH3 is 1. The summed E-state index contributed by atoms with van der Waals surface area (Å²) in [4.78, 5) is 27.7. The monoisotopic (exact) mass is 544 g/mol. The van der Waals surface area contributed by atoms with E-state index < -0.39 is 0 Å². The Labute approximate surface area is 232 Å². The van der Waals surface area contributed by atoms with Gasteiger partial charge in [-0.2, -0.15) is 5.10 Å². The van der Waals surface area contributed by atoms with E-state index in [1.165, 1.54) is 22.8 Å². The van der Waals surface area contributed by atoms with Gasteiger partial charge < -0.3 is 14.6 Å². The highest BCUT2D eigenvalue weighted by atomic mass is 19.1. The molecule has 2 amide bonds. The first-order valence-electron chi connectivity index (χ1n) is 13.2. The highest BCUT2D eigenvalue weighted by molar-refractivity contribution is 5.91. The summed E-state index contributed by atoms with van der Waals surface area (Å²) in [7, 11) is 3.36. The first-order chi connectivity index (χ1) is 19.3. The highest BCUT2D eigenvalue weighted by Crippen LogP contribution is 2.31. The number of amides is 2. The van der Waals surface area contributed by atoms with E-state index in [-0.39, 0.29) is 29.4 Å². The lowest BCUT2D eigenvalue weighted by molar-refractivity contribution is 0.159. The Morgan fingerprint density at radius 2 is 1.82 bits per heavy atom. The molecule has 10 heteroatoms. The largest absolute Gasteiger partial charge is 0.383 e. The Morgan fingerprint density at radius 3 is 2.52 bits per heavy atom. The molecule has 0 spiro atoms. The van der Waals surface area contributed by atoms with Crippen LogP contribution in [0, 0.1) is 12.7 Å².